The van der Waals surface area contributed by atoms with Crippen molar-refractivity contribution in [1.29, 1.82) is 0 Å². The summed E-state index contributed by atoms with van der Waals surface area (Å²) < 4.78 is 1.90. The minimum Gasteiger partial charge on any atom is -0.299 e. The topological polar surface area (TPSA) is 45.8 Å². The number of aromatic nitrogens is 2. The third-order valence-corrected chi connectivity index (χ3v) is 4.11. The summed E-state index contributed by atoms with van der Waals surface area (Å²) in [5.74, 6) is 2.90. The van der Waals surface area contributed by atoms with Gasteiger partial charge in [0, 0.05) is 31.1 Å². The minimum atomic E-state index is 0.864. The van der Waals surface area contributed by atoms with E-state index in [4.69, 9.17) is 15.1 Å². The van der Waals surface area contributed by atoms with E-state index in [2.05, 4.69) is 30.0 Å². The average Bonchev–Trinajstić information content (AvgIpc) is 2.84. The van der Waals surface area contributed by atoms with Crippen molar-refractivity contribution in [3.8, 4) is 11.3 Å². The molecule has 0 fully saturated rings. The highest BCUT2D eigenvalue weighted by atomic mass is 15.5. The fourth-order valence-corrected chi connectivity index (χ4v) is 2.98. The zero-order valence-electron chi connectivity index (χ0n) is 12.7. The van der Waals surface area contributed by atoms with Gasteiger partial charge < -0.3 is 0 Å². The van der Waals surface area contributed by atoms with Crippen LogP contribution in [0.3, 0.4) is 0 Å². The zero-order valence-corrected chi connectivity index (χ0v) is 12.7. The van der Waals surface area contributed by atoms with Gasteiger partial charge in [-0.3, -0.25) is 9.89 Å². The quantitative estimate of drug-likeness (QED) is 0.853. The fraction of sp³-hybridized carbons (Fsp3) is 0.353. The third kappa shape index (κ3) is 2.13. The maximum Gasteiger partial charge on any atom is 0.229 e. The molecule has 1 aromatic heterocycles. The molecular weight excluding hydrogens is 274 g/mol. The third-order valence-electron chi connectivity index (χ3n) is 4.11. The number of hydrogen-bond acceptors (Lipinski definition) is 4. The van der Waals surface area contributed by atoms with Crippen LogP contribution in [0.2, 0.25) is 0 Å². The van der Waals surface area contributed by atoms with Gasteiger partial charge >= 0.3 is 0 Å². The first-order valence-corrected chi connectivity index (χ1v) is 7.92. The van der Waals surface area contributed by atoms with Crippen LogP contribution in [0.15, 0.2) is 46.4 Å². The van der Waals surface area contributed by atoms with Crippen molar-refractivity contribution in [2.75, 3.05) is 13.1 Å². The van der Waals surface area contributed by atoms with Gasteiger partial charge in [0.15, 0.2) is 5.82 Å². The number of benzene rings is 1. The summed E-state index contributed by atoms with van der Waals surface area (Å²) in [5, 5.41) is 4.75. The fourth-order valence-electron chi connectivity index (χ4n) is 2.98. The van der Waals surface area contributed by atoms with E-state index >= 15 is 0 Å². The van der Waals surface area contributed by atoms with E-state index in [9.17, 15) is 0 Å². The lowest BCUT2D eigenvalue weighted by Crippen LogP contribution is -2.43. The van der Waals surface area contributed by atoms with E-state index in [1.54, 1.807) is 0 Å². The zero-order chi connectivity index (χ0) is 14.9. The molecule has 3 heterocycles. The van der Waals surface area contributed by atoms with Crippen molar-refractivity contribution in [2.24, 2.45) is 9.98 Å². The monoisotopic (exact) mass is 293 g/mol. The van der Waals surface area contributed by atoms with Gasteiger partial charge in [0.05, 0.1) is 5.69 Å². The van der Waals surface area contributed by atoms with Crippen molar-refractivity contribution < 1.29 is 0 Å². The molecule has 5 nitrogen and oxygen atoms in total. The van der Waals surface area contributed by atoms with Crippen LogP contribution < -0.4 is 0 Å². The van der Waals surface area contributed by atoms with Gasteiger partial charge in [-0.15, -0.1) is 0 Å². The molecule has 0 bridgehead atoms. The average molecular weight is 293 g/mol. The van der Waals surface area contributed by atoms with Gasteiger partial charge in [-0.1, -0.05) is 37.3 Å². The Morgan fingerprint density at radius 1 is 1.14 bits per heavy atom. The van der Waals surface area contributed by atoms with E-state index < -0.39 is 0 Å². The highest BCUT2D eigenvalue weighted by molar-refractivity contribution is 6.05. The summed E-state index contributed by atoms with van der Waals surface area (Å²) in [4.78, 5) is 11.8. The highest BCUT2D eigenvalue weighted by Crippen LogP contribution is 2.28. The summed E-state index contributed by atoms with van der Waals surface area (Å²) in [6.45, 7) is 3.99. The number of hydrogen-bond donors (Lipinski definition) is 0. The molecule has 112 valence electrons. The molecule has 2 aliphatic heterocycles. The Morgan fingerprint density at radius 3 is 2.82 bits per heavy atom. The van der Waals surface area contributed by atoms with E-state index in [1.807, 2.05) is 22.9 Å². The second-order valence-corrected chi connectivity index (χ2v) is 5.59. The summed E-state index contributed by atoms with van der Waals surface area (Å²) in [6, 6.07) is 12.3. The minimum absolute atomic E-state index is 0.864. The van der Waals surface area contributed by atoms with Gasteiger partial charge in [-0.25, -0.2) is 4.99 Å². The maximum atomic E-state index is 4.80. The molecule has 2 aromatic rings. The van der Waals surface area contributed by atoms with E-state index in [1.165, 1.54) is 0 Å². The van der Waals surface area contributed by atoms with E-state index in [0.29, 0.717) is 0 Å². The Bertz CT molecular complexity index is 742. The van der Waals surface area contributed by atoms with E-state index in [-0.39, 0.29) is 0 Å². The number of aliphatic imine (C=N–C) groups is 2. The molecule has 0 atom stereocenters. The lowest BCUT2D eigenvalue weighted by Gasteiger charge is -2.29. The summed E-state index contributed by atoms with van der Waals surface area (Å²) in [7, 11) is 0. The molecule has 22 heavy (non-hydrogen) atoms. The van der Waals surface area contributed by atoms with Crippen molar-refractivity contribution in [2.45, 2.75) is 26.2 Å². The smallest absolute Gasteiger partial charge is 0.229 e. The lowest BCUT2D eigenvalue weighted by atomic mass is 10.2. The van der Waals surface area contributed by atoms with Crippen LogP contribution in [0.1, 0.15) is 26.2 Å². The molecule has 0 aliphatic carbocycles. The number of nitrogens with zero attached hydrogens (tertiary/aromatic N) is 5. The Morgan fingerprint density at radius 2 is 2.00 bits per heavy atom. The second kappa shape index (κ2) is 5.40. The normalized spacial score (nSPS) is 17.2. The second-order valence-electron chi connectivity index (χ2n) is 5.59. The Kier molecular flexibility index (Phi) is 3.25. The molecule has 0 amide bonds. The molecule has 2 aliphatic rings. The molecule has 0 unspecified atom stereocenters. The molecule has 4 rings (SSSR count). The van der Waals surface area contributed by atoms with Crippen LogP contribution in [0.4, 0.5) is 5.82 Å². The van der Waals surface area contributed by atoms with Crippen LogP contribution in [0, 0.1) is 0 Å². The first-order valence-electron chi connectivity index (χ1n) is 7.92. The Hall–Kier alpha value is -2.43. The van der Waals surface area contributed by atoms with Crippen LogP contribution in [0.25, 0.3) is 11.3 Å². The van der Waals surface area contributed by atoms with Crippen molar-refractivity contribution >= 4 is 17.6 Å². The van der Waals surface area contributed by atoms with Gasteiger partial charge in [-0.05, 0) is 12.8 Å². The molecule has 1 aromatic carbocycles. The van der Waals surface area contributed by atoms with Crippen LogP contribution >= 0.6 is 0 Å². The Balaban J connectivity index is 1.84. The number of rotatable bonds is 2. The van der Waals surface area contributed by atoms with Crippen LogP contribution in [-0.2, 0) is 0 Å². The van der Waals surface area contributed by atoms with Crippen LogP contribution in [-0.4, -0.2) is 39.6 Å². The van der Waals surface area contributed by atoms with Crippen LogP contribution in [0.5, 0.6) is 0 Å². The summed E-state index contributed by atoms with van der Waals surface area (Å²) >= 11 is 0. The van der Waals surface area contributed by atoms with Crippen molar-refractivity contribution in [3.63, 3.8) is 0 Å². The summed E-state index contributed by atoms with van der Waals surface area (Å²) in [6.07, 6.45) is 3.18. The first kappa shape index (κ1) is 13.2. The van der Waals surface area contributed by atoms with E-state index in [0.717, 1.165) is 61.2 Å². The molecule has 0 saturated carbocycles. The Labute approximate surface area is 130 Å². The first-order chi connectivity index (χ1) is 10.9. The molecule has 5 heteroatoms. The van der Waals surface area contributed by atoms with Gasteiger partial charge in [-0.2, -0.15) is 9.78 Å². The molecule has 0 spiro atoms. The van der Waals surface area contributed by atoms with Crippen molar-refractivity contribution in [3.05, 3.63) is 36.4 Å². The van der Waals surface area contributed by atoms with Gasteiger partial charge in [0.2, 0.25) is 5.96 Å². The standard InChI is InChI=1S/C17H19N5/c1-2-15-19-16-12-14(13-8-4-3-5-9-13)20-22(16)17-18-10-6-7-11-21(15)17/h3-5,8-9,12H,2,6-7,10-11H2,1H3. The van der Waals surface area contributed by atoms with Crippen molar-refractivity contribution in [1.82, 2.24) is 14.7 Å². The molecule has 0 saturated heterocycles. The molecule has 0 radical (unpaired) electrons. The predicted octanol–water partition coefficient (Wildman–Crippen LogP) is 3.30. The predicted molar refractivity (Wildman–Crippen MR) is 88.7 cm³/mol. The molecular formula is C17H19N5. The number of amidine groups is 1. The lowest BCUT2D eigenvalue weighted by molar-refractivity contribution is 0.543. The van der Waals surface area contributed by atoms with Gasteiger partial charge in [0.1, 0.15) is 5.84 Å². The summed E-state index contributed by atoms with van der Waals surface area (Å²) in [5.41, 5.74) is 2.06. The number of fused-ring (bicyclic) bond motifs is 3. The molecule has 0 N–H and O–H groups in total. The SMILES string of the molecule is CCC1=Nc2cc(-c3ccccc3)nn2C2=NCCCCN12. The highest BCUT2D eigenvalue weighted by Gasteiger charge is 2.27. The maximum absolute atomic E-state index is 4.80. The largest absolute Gasteiger partial charge is 0.299 e. The van der Waals surface area contributed by atoms with Gasteiger partial charge in [0.25, 0.3) is 0 Å².